The Bertz CT molecular complexity index is 1310. The van der Waals surface area contributed by atoms with Crippen LogP contribution < -0.4 is 5.56 Å². The Balaban J connectivity index is 1.54. The van der Waals surface area contributed by atoms with Crippen LogP contribution in [0.1, 0.15) is 18.9 Å². The highest BCUT2D eigenvalue weighted by molar-refractivity contribution is 5.83. The Labute approximate surface area is 168 Å². The molecule has 0 bridgehead atoms. The monoisotopic (exact) mass is 385 g/mol. The number of benzene rings is 1. The number of hydrogen-bond acceptors (Lipinski definition) is 4. The van der Waals surface area contributed by atoms with Crippen LogP contribution in [0.15, 0.2) is 59.7 Å². The van der Waals surface area contributed by atoms with E-state index in [-0.39, 0.29) is 5.56 Å². The van der Waals surface area contributed by atoms with Gasteiger partial charge in [0.25, 0.3) is 5.56 Å². The molecule has 0 aliphatic carbocycles. The molecule has 0 amide bonds. The first-order valence-corrected chi connectivity index (χ1v) is 10.00. The highest BCUT2D eigenvalue weighted by Crippen LogP contribution is 2.24. The molecule has 0 saturated heterocycles. The lowest BCUT2D eigenvalue weighted by atomic mass is 10.0. The second kappa shape index (κ2) is 6.97. The zero-order chi connectivity index (χ0) is 20.0. The predicted molar refractivity (Wildman–Crippen MR) is 116 cm³/mol. The van der Waals surface area contributed by atoms with Crippen LogP contribution in [0.2, 0.25) is 0 Å². The highest BCUT2D eigenvalue weighted by Gasteiger charge is 2.13. The fourth-order valence-electron chi connectivity index (χ4n) is 4.01. The van der Waals surface area contributed by atoms with E-state index >= 15 is 0 Å². The number of aromatic nitrogens is 4. The number of nitrogens with zero attached hydrogens (tertiary/aromatic N) is 5. The molecule has 5 rings (SSSR count). The first kappa shape index (κ1) is 17.8. The first-order valence-electron chi connectivity index (χ1n) is 10.00. The lowest BCUT2D eigenvalue weighted by Gasteiger charge is -2.25. The van der Waals surface area contributed by atoms with Gasteiger partial charge < -0.3 is 0 Å². The molecule has 1 aromatic carbocycles. The smallest absolute Gasteiger partial charge is 0.258 e. The van der Waals surface area contributed by atoms with Crippen LogP contribution in [-0.4, -0.2) is 43.7 Å². The molecule has 6 nitrogen and oxygen atoms in total. The first-order chi connectivity index (χ1) is 14.1. The van der Waals surface area contributed by atoms with Crippen molar-refractivity contribution in [3.63, 3.8) is 0 Å². The molecule has 0 radical (unpaired) electrons. The van der Waals surface area contributed by atoms with Crippen molar-refractivity contribution in [2.24, 2.45) is 7.05 Å². The van der Waals surface area contributed by atoms with E-state index in [0.29, 0.717) is 11.3 Å². The summed E-state index contributed by atoms with van der Waals surface area (Å²) in [6.45, 7) is 5.28. The molecule has 0 N–H and O–H groups in total. The summed E-state index contributed by atoms with van der Waals surface area (Å²) in [6.07, 6.45) is 7.16. The van der Waals surface area contributed by atoms with Gasteiger partial charge in [-0.05, 0) is 48.4 Å². The van der Waals surface area contributed by atoms with Crippen LogP contribution in [0, 0.1) is 0 Å². The number of aryl methyl sites for hydroxylation is 1. The topological polar surface area (TPSA) is 55.4 Å². The fourth-order valence-corrected chi connectivity index (χ4v) is 4.01. The second-order valence-corrected chi connectivity index (χ2v) is 7.57. The molecular formula is C23H23N5O. The molecule has 1 aliphatic heterocycles. The number of hydrogen-bond donors (Lipinski definition) is 0. The maximum absolute atomic E-state index is 12.9. The Morgan fingerprint density at radius 2 is 1.93 bits per heavy atom. The standard InChI is InChI=1S/C23H23N5O/c1-3-27-10-8-16(9-11-27)18-5-7-22-24-21(13-23(29)28(22)15-18)17-4-6-20-19(12-17)14-26(2)25-20/h4-8,12-15H,3,9-11H2,1-2H3. The molecule has 1 aliphatic rings. The van der Waals surface area contributed by atoms with Crippen LogP contribution in [0.25, 0.3) is 33.4 Å². The second-order valence-electron chi connectivity index (χ2n) is 7.57. The van der Waals surface area contributed by atoms with Crippen molar-refractivity contribution in [3.05, 3.63) is 70.8 Å². The van der Waals surface area contributed by atoms with E-state index in [0.717, 1.165) is 48.1 Å². The summed E-state index contributed by atoms with van der Waals surface area (Å²) in [5, 5.41) is 5.44. The predicted octanol–water partition coefficient (Wildman–Crippen LogP) is 3.36. The van der Waals surface area contributed by atoms with Gasteiger partial charge in [-0.25, -0.2) is 4.98 Å². The number of rotatable bonds is 3. The summed E-state index contributed by atoms with van der Waals surface area (Å²) in [7, 11) is 1.90. The maximum atomic E-state index is 12.9. The van der Waals surface area contributed by atoms with Gasteiger partial charge in [-0.2, -0.15) is 5.10 Å². The van der Waals surface area contributed by atoms with E-state index < -0.39 is 0 Å². The molecule has 0 fully saturated rings. The summed E-state index contributed by atoms with van der Waals surface area (Å²) < 4.78 is 3.44. The summed E-state index contributed by atoms with van der Waals surface area (Å²) in [5.74, 6) is 0. The van der Waals surface area contributed by atoms with Gasteiger partial charge in [-0.15, -0.1) is 0 Å². The fraction of sp³-hybridized carbons (Fsp3) is 0.261. The molecule has 4 heterocycles. The molecule has 3 aromatic heterocycles. The van der Waals surface area contributed by atoms with Gasteiger partial charge in [0.2, 0.25) is 0 Å². The Kier molecular flexibility index (Phi) is 4.28. The molecule has 0 atom stereocenters. The molecule has 146 valence electrons. The number of fused-ring (bicyclic) bond motifs is 2. The van der Waals surface area contributed by atoms with Crippen LogP contribution in [-0.2, 0) is 7.05 Å². The third kappa shape index (κ3) is 3.25. The minimum Gasteiger partial charge on any atom is -0.300 e. The molecular weight excluding hydrogens is 362 g/mol. The third-order valence-electron chi connectivity index (χ3n) is 5.69. The average Bonchev–Trinajstić information content (AvgIpc) is 3.12. The van der Waals surface area contributed by atoms with Crippen LogP contribution >= 0.6 is 0 Å². The summed E-state index contributed by atoms with van der Waals surface area (Å²) in [6, 6.07) is 11.6. The normalized spacial score (nSPS) is 15.2. The molecule has 0 unspecified atom stereocenters. The minimum atomic E-state index is -0.0651. The van der Waals surface area contributed by atoms with Crippen molar-refractivity contribution in [2.45, 2.75) is 13.3 Å². The zero-order valence-corrected chi connectivity index (χ0v) is 16.7. The molecule has 29 heavy (non-hydrogen) atoms. The van der Waals surface area contributed by atoms with Crippen molar-refractivity contribution >= 4 is 22.1 Å². The van der Waals surface area contributed by atoms with Gasteiger partial charge in [0.05, 0.1) is 11.2 Å². The Hall–Kier alpha value is -3.25. The minimum absolute atomic E-state index is 0.0651. The van der Waals surface area contributed by atoms with Crippen molar-refractivity contribution in [2.75, 3.05) is 19.6 Å². The lowest BCUT2D eigenvalue weighted by Crippen LogP contribution is -2.28. The Morgan fingerprint density at radius 3 is 2.72 bits per heavy atom. The molecule has 6 heteroatoms. The number of pyridine rings is 1. The quantitative estimate of drug-likeness (QED) is 0.543. The lowest BCUT2D eigenvalue weighted by molar-refractivity contribution is 0.318. The van der Waals surface area contributed by atoms with E-state index in [1.807, 2.05) is 43.7 Å². The van der Waals surface area contributed by atoms with E-state index in [1.165, 1.54) is 5.57 Å². The van der Waals surface area contributed by atoms with Crippen molar-refractivity contribution in [1.82, 2.24) is 24.1 Å². The number of likely N-dealkylation sites (N-methyl/N-ethyl adjacent to an activating group) is 1. The Morgan fingerprint density at radius 1 is 1.07 bits per heavy atom. The third-order valence-corrected chi connectivity index (χ3v) is 5.69. The van der Waals surface area contributed by atoms with Crippen LogP contribution in [0.3, 0.4) is 0 Å². The molecule has 0 saturated carbocycles. The average molecular weight is 385 g/mol. The summed E-state index contributed by atoms with van der Waals surface area (Å²) in [4.78, 5) is 20.0. The highest BCUT2D eigenvalue weighted by atomic mass is 16.1. The summed E-state index contributed by atoms with van der Waals surface area (Å²) in [5.41, 5.74) is 5.53. The van der Waals surface area contributed by atoms with Crippen molar-refractivity contribution < 1.29 is 0 Å². The van der Waals surface area contributed by atoms with Gasteiger partial charge >= 0.3 is 0 Å². The van der Waals surface area contributed by atoms with Crippen LogP contribution in [0.5, 0.6) is 0 Å². The van der Waals surface area contributed by atoms with Crippen molar-refractivity contribution in [1.29, 1.82) is 0 Å². The largest absolute Gasteiger partial charge is 0.300 e. The van der Waals surface area contributed by atoms with E-state index in [1.54, 1.807) is 15.1 Å². The SMILES string of the molecule is CCN1CC=C(c2ccc3nc(-c4ccc5nn(C)cc5c4)cc(=O)n3c2)CC1. The van der Waals surface area contributed by atoms with Crippen LogP contribution in [0.4, 0.5) is 0 Å². The summed E-state index contributed by atoms with van der Waals surface area (Å²) >= 11 is 0. The van der Waals surface area contributed by atoms with Crippen molar-refractivity contribution in [3.8, 4) is 11.3 Å². The molecule has 4 aromatic rings. The maximum Gasteiger partial charge on any atom is 0.258 e. The van der Waals surface area contributed by atoms with Gasteiger partial charge in [0.1, 0.15) is 5.65 Å². The van der Waals surface area contributed by atoms with E-state index in [2.05, 4.69) is 29.1 Å². The van der Waals surface area contributed by atoms with E-state index in [9.17, 15) is 4.79 Å². The zero-order valence-electron chi connectivity index (χ0n) is 16.7. The van der Waals surface area contributed by atoms with Gasteiger partial charge in [0, 0.05) is 49.5 Å². The van der Waals surface area contributed by atoms with Gasteiger partial charge in [0.15, 0.2) is 0 Å². The van der Waals surface area contributed by atoms with Gasteiger partial charge in [-0.1, -0.05) is 19.1 Å². The van der Waals surface area contributed by atoms with Gasteiger partial charge in [-0.3, -0.25) is 18.8 Å². The van der Waals surface area contributed by atoms with E-state index in [4.69, 9.17) is 4.98 Å². The molecule has 0 spiro atoms.